The number of hydrogen-bond donors (Lipinski definition) is 0. The number of esters is 2. The summed E-state index contributed by atoms with van der Waals surface area (Å²) in [5, 5.41) is 8.84. The minimum absolute atomic E-state index is 0.328. The van der Waals surface area contributed by atoms with Gasteiger partial charge in [0.15, 0.2) is 0 Å². The summed E-state index contributed by atoms with van der Waals surface area (Å²) in [6, 6.07) is 13.3. The van der Waals surface area contributed by atoms with E-state index in [9.17, 15) is 9.59 Å². The predicted molar refractivity (Wildman–Crippen MR) is 79.3 cm³/mol. The van der Waals surface area contributed by atoms with Gasteiger partial charge in [0.25, 0.3) is 0 Å². The van der Waals surface area contributed by atoms with E-state index in [0.29, 0.717) is 27.8 Å². The van der Waals surface area contributed by atoms with Gasteiger partial charge in [0.05, 0.1) is 37.0 Å². The summed E-state index contributed by atoms with van der Waals surface area (Å²) in [6.45, 7) is 0. The minimum Gasteiger partial charge on any atom is -0.465 e. The molecular weight excluding hydrogens is 282 g/mol. The van der Waals surface area contributed by atoms with Crippen LogP contribution in [0.1, 0.15) is 26.3 Å². The van der Waals surface area contributed by atoms with Crippen LogP contribution in [0.5, 0.6) is 0 Å². The predicted octanol–water partition coefficient (Wildman–Crippen LogP) is 2.80. The average molecular weight is 295 g/mol. The Morgan fingerprint density at radius 3 is 2.14 bits per heavy atom. The summed E-state index contributed by atoms with van der Waals surface area (Å²) in [5.41, 5.74) is 2.41. The summed E-state index contributed by atoms with van der Waals surface area (Å²) in [5.74, 6) is -0.998. The second-order valence-corrected chi connectivity index (χ2v) is 4.43. The molecule has 0 heterocycles. The maximum absolute atomic E-state index is 11.9. The zero-order valence-electron chi connectivity index (χ0n) is 12.1. The fourth-order valence-electron chi connectivity index (χ4n) is 2.04. The molecule has 0 aliphatic heterocycles. The fraction of sp³-hybridized carbons (Fsp3) is 0.118. The maximum atomic E-state index is 11.9. The average Bonchev–Trinajstić information content (AvgIpc) is 2.59. The van der Waals surface area contributed by atoms with Gasteiger partial charge in [-0.25, -0.2) is 9.59 Å². The van der Waals surface area contributed by atoms with Crippen LogP contribution in [-0.2, 0) is 9.47 Å². The van der Waals surface area contributed by atoms with Crippen LogP contribution in [0.15, 0.2) is 42.5 Å². The lowest BCUT2D eigenvalue weighted by molar-refractivity contribution is 0.0587. The van der Waals surface area contributed by atoms with E-state index >= 15 is 0 Å². The molecule has 0 amide bonds. The van der Waals surface area contributed by atoms with Crippen LogP contribution >= 0.6 is 0 Å². The smallest absolute Gasteiger partial charge is 0.338 e. The summed E-state index contributed by atoms with van der Waals surface area (Å²) in [6.07, 6.45) is 0. The Kier molecular flexibility index (Phi) is 4.54. The number of nitriles is 1. The minimum atomic E-state index is -0.504. The maximum Gasteiger partial charge on any atom is 0.338 e. The highest BCUT2D eigenvalue weighted by atomic mass is 16.5. The first kappa shape index (κ1) is 15.3. The Balaban J connectivity index is 2.60. The molecule has 0 bridgehead atoms. The summed E-state index contributed by atoms with van der Waals surface area (Å²) < 4.78 is 9.45. The van der Waals surface area contributed by atoms with Crippen LogP contribution in [0.2, 0.25) is 0 Å². The summed E-state index contributed by atoms with van der Waals surface area (Å²) in [7, 11) is 2.58. The van der Waals surface area contributed by atoms with Crippen molar-refractivity contribution >= 4 is 11.9 Å². The molecule has 2 aromatic rings. The van der Waals surface area contributed by atoms with E-state index in [2.05, 4.69) is 0 Å². The van der Waals surface area contributed by atoms with Crippen molar-refractivity contribution in [2.45, 2.75) is 0 Å². The second-order valence-electron chi connectivity index (χ2n) is 4.43. The van der Waals surface area contributed by atoms with Crippen molar-refractivity contribution in [1.82, 2.24) is 0 Å². The number of rotatable bonds is 3. The molecule has 5 nitrogen and oxygen atoms in total. The van der Waals surface area contributed by atoms with Gasteiger partial charge in [-0.1, -0.05) is 12.1 Å². The monoisotopic (exact) mass is 295 g/mol. The molecule has 2 rings (SSSR count). The Morgan fingerprint density at radius 1 is 0.955 bits per heavy atom. The Labute approximate surface area is 127 Å². The van der Waals surface area contributed by atoms with Crippen LogP contribution in [0, 0.1) is 11.3 Å². The lowest BCUT2D eigenvalue weighted by atomic mass is 9.96. The number of nitrogens with zero attached hydrogens (tertiary/aromatic N) is 1. The molecule has 5 heteroatoms. The molecule has 0 radical (unpaired) electrons. The molecule has 0 N–H and O–H groups in total. The van der Waals surface area contributed by atoms with E-state index < -0.39 is 11.9 Å². The zero-order chi connectivity index (χ0) is 16.1. The third-order valence-corrected chi connectivity index (χ3v) is 3.17. The van der Waals surface area contributed by atoms with Gasteiger partial charge in [-0.05, 0) is 41.5 Å². The van der Waals surface area contributed by atoms with Crippen molar-refractivity contribution in [1.29, 1.82) is 5.26 Å². The van der Waals surface area contributed by atoms with E-state index in [-0.39, 0.29) is 0 Å². The number of carbonyl (C=O) groups excluding carboxylic acids is 2. The molecular formula is C17H13NO4. The first-order valence-corrected chi connectivity index (χ1v) is 6.42. The number of ether oxygens (including phenoxy) is 2. The van der Waals surface area contributed by atoms with Crippen molar-refractivity contribution in [2.75, 3.05) is 14.2 Å². The number of methoxy groups -OCH3 is 2. The van der Waals surface area contributed by atoms with Gasteiger partial charge in [0.2, 0.25) is 0 Å². The highest BCUT2D eigenvalue weighted by molar-refractivity contribution is 6.00. The van der Waals surface area contributed by atoms with Crippen LogP contribution in [0.4, 0.5) is 0 Å². The van der Waals surface area contributed by atoms with Crippen molar-refractivity contribution in [2.24, 2.45) is 0 Å². The first-order chi connectivity index (χ1) is 10.6. The largest absolute Gasteiger partial charge is 0.465 e. The molecule has 0 spiro atoms. The molecule has 0 unspecified atom stereocenters. The molecule has 0 aromatic heterocycles. The normalized spacial score (nSPS) is 9.68. The van der Waals surface area contributed by atoms with E-state index in [1.54, 1.807) is 30.3 Å². The second kappa shape index (κ2) is 6.55. The summed E-state index contributed by atoms with van der Waals surface area (Å²) in [4.78, 5) is 23.6. The van der Waals surface area contributed by atoms with Gasteiger partial charge in [-0.15, -0.1) is 0 Å². The van der Waals surface area contributed by atoms with Gasteiger partial charge in [0, 0.05) is 0 Å². The summed E-state index contributed by atoms with van der Waals surface area (Å²) >= 11 is 0. The molecule has 0 saturated heterocycles. The quantitative estimate of drug-likeness (QED) is 0.814. The van der Waals surface area contributed by atoms with Crippen LogP contribution in [-0.4, -0.2) is 26.2 Å². The topological polar surface area (TPSA) is 76.4 Å². The van der Waals surface area contributed by atoms with E-state index in [0.717, 1.165) is 0 Å². The third-order valence-electron chi connectivity index (χ3n) is 3.17. The molecule has 110 valence electrons. The van der Waals surface area contributed by atoms with Gasteiger partial charge in [-0.3, -0.25) is 0 Å². The Bertz CT molecular complexity index is 757. The van der Waals surface area contributed by atoms with Gasteiger partial charge < -0.3 is 9.47 Å². The lowest BCUT2D eigenvalue weighted by Gasteiger charge is -2.10. The lowest BCUT2D eigenvalue weighted by Crippen LogP contribution is -2.07. The fourth-order valence-corrected chi connectivity index (χ4v) is 2.04. The van der Waals surface area contributed by atoms with Crippen molar-refractivity contribution in [3.05, 3.63) is 59.2 Å². The number of carbonyl (C=O) groups is 2. The van der Waals surface area contributed by atoms with Crippen molar-refractivity contribution in [3.63, 3.8) is 0 Å². The van der Waals surface area contributed by atoms with Gasteiger partial charge in [0.1, 0.15) is 0 Å². The Hall–Kier alpha value is -3.13. The third kappa shape index (κ3) is 2.96. The molecule has 2 aromatic carbocycles. The van der Waals surface area contributed by atoms with E-state index in [1.165, 1.54) is 26.4 Å². The zero-order valence-corrected chi connectivity index (χ0v) is 12.1. The molecule has 22 heavy (non-hydrogen) atoms. The van der Waals surface area contributed by atoms with Crippen LogP contribution in [0.3, 0.4) is 0 Å². The highest BCUT2D eigenvalue weighted by Gasteiger charge is 2.16. The first-order valence-electron chi connectivity index (χ1n) is 6.42. The SMILES string of the molecule is COC(=O)c1ccc(C(=O)OC)c(-c2ccc(C#N)cc2)c1. The number of hydrogen-bond acceptors (Lipinski definition) is 5. The highest BCUT2D eigenvalue weighted by Crippen LogP contribution is 2.26. The molecule has 0 aliphatic carbocycles. The molecule has 0 saturated carbocycles. The van der Waals surface area contributed by atoms with Gasteiger partial charge in [-0.2, -0.15) is 5.26 Å². The van der Waals surface area contributed by atoms with Crippen molar-refractivity contribution < 1.29 is 19.1 Å². The van der Waals surface area contributed by atoms with E-state index in [1.807, 2.05) is 6.07 Å². The van der Waals surface area contributed by atoms with Crippen LogP contribution in [0.25, 0.3) is 11.1 Å². The molecule has 0 atom stereocenters. The number of benzene rings is 2. The van der Waals surface area contributed by atoms with Crippen LogP contribution < -0.4 is 0 Å². The standard InChI is InChI=1S/C17H13NO4/c1-21-16(19)13-7-8-14(17(20)22-2)15(9-13)12-5-3-11(10-18)4-6-12/h3-9H,1-2H3. The van der Waals surface area contributed by atoms with E-state index in [4.69, 9.17) is 14.7 Å². The van der Waals surface area contributed by atoms with Gasteiger partial charge >= 0.3 is 11.9 Å². The van der Waals surface area contributed by atoms with Crippen molar-refractivity contribution in [3.8, 4) is 17.2 Å². The molecule has 0 aliphatic rings. The molecule has 0 fully saturated rings. The Morgan fingerprint density at radius 2 is 1.59 bits per heavy atom.